The van der Waals surface area contributed by atoms with Crippen LogP contribution < -0.4 is 10.6 Å². The van der Waals surface area contributed by atoms with E-state index in [1.165, 1.54) is 24.5 Å². The summed E-state index contributed by atoms with van der Waals surface area (Å²) in [4.78, 5) is 32.0. The maximum absolute atomic E-state index is 13.1. The third-order valence-corrected chi connectivity index (χ3v) is 6.58. The van der Waals surface area contributed by atoms with Crippen LogP contribution in [-0.2, 0) is 14.6 Å². The Morgan fingerprint density at radius 2 is 1.97 bits per heavy atom. The number of rotatable bonds is 8. The van der Waals surface area contributed by atoms with Gasteiger partial charge in [-0.2, -0.15) is 8.78 Å². The minimum atomic E-state index is -4.94. The van der Waals surface area contributed by atoms with Gasteiger partial charge in [0, 0.05) is 30.8 Å². The largest absolute Gasteiger partial charge is 0.341 e. The minimum absolute atomic E-state index is 0.0941. The van der Waals surface area contributed by atoms with E-state index in [0.29, 0.717) is 0 Å². The fourth-order valence-corrected chi connectivity index (χ4v) is 3.94. The Labute approximate surface area is 178 Å². The van der Waals surface area contributed by atoms with Gasteiger partial charge in [0.25, 0.3) is 0 Å². The second-order valence-electron chi connectivity index (χ2n) is 7.91. The van der Waals surface area contributed by atoms with Gasteiger partial charge in [-0.1, -0.05) is 20.8 Å². The number of nitrogens with one attached hydrogen (secondary N) is 2. The van der Waals surface area contributed by atoms with E-state index in [4.69, 9.17) is 0 Å². The Balaban J connectivity index is 1.98. The molecule has 0 unspecified atom stereocenters. The van der Waals surface area contributed by atoms with Crippen LogP contribution in [0.2, 0.25) is 0 Å². The summed E-state index contributed by atoms with van der Waals surface area (Å²) in [7, 11) is -4.94. The quantitative estimate of drug-likeness (QED) is 0.585. The summed E-state index contributed by atoms with van der Waals surface area (Å²) in [5.74, 6) is -4.57. The molecule has 0 saturated heterocycles. The number of hydrogen-bond donors (Lipinski definition) is 2. The number of alkyl halides is 2. The fourth-order valence-electron chi connectivity index (χ4n) is 3.11. The number of aromatic nitrogens is 2. The topological polar surface area (TPSA) is 118 Å². The van der Waals surface area contributed by atoms with E-state index < -0.39 is 20.5 Å². The highest BCUT2D eigenvalue weighted by atomic mass is 32.2. The lowest BCUT2D eigenvalue weighted by Crippen LogP contribution is -2.18. The molecule has 0 bridgehead atoms. The number of amides is 1. The smallest absolute Gasteiger partial charge is 0.338 e. The van der Waals surface area contributed by atoms with E-state index in [1.807, 2.05) is 13.8 Å². The van der Waals surface area contributed by atoms with Crippen LogP contribution >= 0.6 is 0 Å². The summed E-state index contributed by atoms with van der Waals surface area (Å²) < 4.78 is 50.2. The summed E-state index contributed by atoms with van der Waals surface area (Å²) >= 11 is 0. The molecule has 2 aromatic rings. The number of hydrogen-bond acceptors (Lipinski definition) is 7. The van der Waals surface area contributed by atoms with Crippen LogP contribution in [0, 0.1) is 11.3 Å². The third kappa shape index (κ3) is 4.71. The molecule has 0 radical (unpaired) electrons. The van der Waals surface area contributed by atoms with E-state index >= 15 is 0 Å². The Bertz CT molecular complexity index is 1140. The van der Waals surface area contributed by atoms with E-state index in [9.17, 15) is 26.8 Å². The van der Waals surface area contributed by atoms with Gasteiger partial charge in [-0.05, 0) is 24.0 Å². The summed E-state index contributed by atoms with van der Waals surface area (Å²) in [6.07, 6.45) is 3.33. The number of sulfone groups is 1. The number of pyridine rings is 2. The van der Waals surface area contributed by atoms with Gasteiger partial charge < -0.3 is 10.6 Å². The summed E-state index contributed by atoms with van der Waals surface area (Å²) in [5.41, 5.74) is 0.102. The maximum Gasteiger partial charge on any atom is 0.341 e. The van der Waals surface area contributed by atoms with Crippen LogP contribution in [0.3, 0.4) is 0 Å². The number of carbonyl (C=O) groups is 2. The first kappa shape index (κ1) is 22.7. The van der Waals surface area contributed by atoms with Crippen LogP contribution in [0.25, 0.3) is 0 Å². The highest BCUT2D eigenvalue weighted by Gasteiger charge is 2.50. The number of ketones is 1. The number of Topliss-reactive ketones (excluding diaryl/α,β-unsaturated/α-hetero) is 1. The average Bonchev–Trinajstić information content (AvgIpc) is 3.36. The van der Waals surface area contributed by atoms with Crippen molar-refractivity contribution in [3.05, 3.63) is 36.2 Å². The molecular weight excluding hydrogens is 430 g/mol. The number of halogens is 2. The Kier molecular flexibility index (Phi) is 6.08. The van der Waals surface area contributed by atoms with Crippen LogP contribution in [0.5, 0.6) is 0 Å². The van der Waals surface area contributed by atoms with Crippen molar-refractivity contribution in [2.75, 3.05) is 10.6 Å². The first-order valence-electron chi connectivity index (χ1n) is 9.55. The summed E-state index contributed by atoms with van der Waals surface area (Å²) in [6.45, 7) is 5.56. The predicted octanol–water partition coefficient (Wildman–Crippen LogP) is 3.79. The second-order valence-corrected chi connectivity index (χ2v) is 9.79. The van der Waals surface area contributed by atoms with Crippen molar-refractivity contribution >= 4 is 38.9 Å². The van der Waals surface area contributed by atoms with Gasteiger partial charge in [0.15, 0.2) is 5.78 Å². The zero-order valence-corrected chi connectivity index (χ0v) is 18.0. The number of carbonyl (C=O) groups excluding carboxylic acids is 2. The van der Waals surface area contributed by atoms with Crippen molar-refractivity contribution in [3.63, 3.8) is 0 Å². The zero-order chi connectivity index (χ0) is 23.0. The van der Waals surface area contributed by atoms with Crippen molar-refractivity contribution in [2.45, 2.75) is 44.3 Å². The van der Waals surface area contributed by atoms with Crippen molar-refractivity contribution in [2.24, 2.45) is 11.3 Å². The van der Waals surface area contributed by atoms with Gasteiger partial charge in [0.05, 0.1) is 11.3 Å². The highest BCUT2D eigenvalue weighted by Crippen LogP contribution is 2.52. The molecule has 1 aliphatic rings. The molecular formula is C20H22F2N4O4S. The molecule has 1 amide bonds. The second kappa shape index (κ2) is 8.29. The number of anilines is 3. The molecule has 1 fully saturated rings. The molecule has 1 saturated carbocycles. The SMILES string of the molecule is CCC(=O)c1cnc(NC(=O)[C@@H]2CC2(C)C)cc1Nc1ncccc1S(=O)(=O)C(F)F. The molecule has 1 atom stereocenters. The van der Waals surface area contributed by atoms with Crippen molar-refractivity contribution in [3.8, 4) is 0 Å². The Morgan fingerprint density at radius 3 is 2.55 bits per heavy atom. The third-order valence-electron chi connectivity index (χ3n) is 5.17. The van der Waals surface area contributed by atoms with Crippen molar-refractivity contribution in [1.29, 1.82) is 0 Å². The molecule has 0 spiro atoms. The van der Waals surface area contributed by atoms with E-state index in [2.05, 4.69) is 20.6 Å². The zero-order valence-electron chi connectivity index (χ0n) is 17.1. The Morgan fingerprint density at radius 1 is 1.29 bits per heavy atom. The molecule has 0 aliphatic heterocycles. The van der Waals surface area contributed by atoms with Crippen LogP contribution in [0.15, 0.2) is 35.5 Å². The molecule has 3 rings (SSSR count). The molecule has 166 valence electrons. The van der Waals surface area contributed by atoms with Gasteiger partial charge in [0.1, 0.15) is 16.5 Å². The van der Waals surface area contributed by atoms with Crippen LogP contribution in [-0.4, -0.2) is 35.8 Å². The lowest BCUT2D eigenvalue weighted by Gasteiger charge is -2.15. The van der Waals surface area contributed by atoms with Crippen molar-refractivity contribution in [1.82, 2.24) is 9.97 Å². The monoisotopic (exact) mass is 452 g/mol. The van der Waals surface area contributed by atoms with Crippen molar-refractivity contribution < 1.29 is 26.8 Å². The lowest BCUT2D eigenvalue weighted by atomic mass is 10.1. The summed E-state index contributed by atoms with van der Waals surface area (Å²) in [6, 6.07) is 3.56. The first-order chi connectivity index (χ1) is 14.5. The molecule has 31 heavy (non-hydrogen) atoms. The Hall–Kier alpha value is -2.95. The molecule has 11 heteroatoms. The standard InChI is InChI=1S/C20H22F2N4O4S/c1-4-14(27)11-10-24-16(26-18(28)12-9-20(12,2)3)8-13(11)25-17-15(6-5-7-23-17)31(29,30)19(21)22/h5-8,10,12,19H,4,9H2,1-3H3,(H2,23,24,25,26,28)/t12-/m0/s1. The molecule has 0 aromatic carbocycles. The van der Waals surface area contributed by atoms with Gasteiger partial charge in [-0.15, -0.1) is 0 Å². The normalized spacial score (nSPS) is 17.3. The average molecular weight is 452 g/mol. The van der Waals surface area contributed by atoms with Gasteiger partial charge in [-0.3, -0.25) is 9.59 Å². The fraction of sp³-hybridized carbons (Fsp3) is 0.400. The van der Waals surface area contributed by atoms with Crippen LogP contribution in [0.1, 0.15) is 44.0 Å². The highest BCUT2D eigenvalue weighted by molar-refractivity contribution is 7.91. The maximum atomic E-state index is 13.1. The predicted molar refractivity (Wildman–Crippen MR) is 110 cm³/mol. The molecule has 8 nitrogen and oxygen atoms in total. The van der Waals surface area contributed by atoms with E-state index in [1.54, 1.807) is 6.92 Å². The summed E-state index contributed by atoms with van der Waals surface area (Å²) in [5, 5.41) is 5.33. The molecule has 2 heterocycles. The van der Waals surface area contributed by atoms with Gasteiger partial charge in [-0.25, -0.2) is 18.4 Å². The lowest BCUT2D eigenvalue weighted by molar-refractivity contribution is -0.118. The first-order valence-corrected chi connectivity index (χ1v) is 11.1. The van der Waals surface area contributed by atoms with E-state index in [-0.39, 0.29) is 52.3 Å². The molecule has 2 N–H and O–H groups in total. The molecule has 1 aliphatic carbocycles. The van der Waals surface area contributed by atoms with Crippen LogP contribution in [0.4, 0.5) is 26.1 Å². The molecule has 2 aromatic heterocycles. The van der Waals surface area contributed by atoms with E-state index in [0.717, 1.165) is 12.5 Å². The number of nitrogens with zero attached hydrogens (tertiary/aromatic N) is 2. The minimum Gasteiger partial charge on any atom is -0.338 e. The van der Waals surface area contributed by atoms with Gasteiger partial charge in [0.2, 0.25) is 15.7 Å². The van der Waals surface area contributed by atoms with Gasteiger partial charge >= 0.3 is 5.76 Å².